The van der Waals surface area contributed by atoms with E-state index in [1.54, 1.807) is 0 Å². The summed E-state index contributed by atoms with van der Waals surface area (Å²) in [4.78, 5) is 11.0. The molecule has 0 heterocycles. The summed E-state index contributed by atoms with van der Waals surface area (Å²) in [6, 6.07) is 0. The summed E-state index contributed by atoms with van der Waals surface area (Å²) >= 11 is 0. The highest BCUT2D eigenvalue weighted by atomic mass is 16.1. The third-order valence-corrected chi connectivity index (χ3v) is 1.44. The van der Waals surface area contributed by atoms with Crippen molar-refractivity contribution in [2.75, 3.05) is 0 Å². The Hall–Kier alpha value is -0.770. The smallest absolute Gasteiger partial charge is 0.136 e. The van der Waals surface area contributed by atoms with E-state index in [-0.39, 0.29) is 17.6 Å². The van der Waals surface area contributed by atoms with Crippen molar-refractivity contribution < 1.29 is 4.79 Å². The largest absolute Gasteiger partial charge is 0.299 e. The lowest BCUT2D eigenvalue weighted by Crippen LogP contribution is -2.10. The summed E-state index contributed by atoms with van der Waals surface area (Å²) in [7, 11) is 0. The first-order valence-electron chi connectivity index (χ1n) is 3.56. The van der Waals surface area contributed by atoms with Crippen LogP contribution < -0.4 is 0 Å². The summed E-state index contributed by atoms with van der Waals surface area (Å²) in [6.07, 6.45) is 5.64. The van der Waals surface area contributed by atoms with Crippen LogP contribution in [0.15, 0.2) is 0 Å². The van der Waals surface area contributed by atoms with Crippen LogP contribution in [-0.2, 0) is 4.79 Å². The minimum atomic E-state index is 0.0925. The van der Waals surface area contributed by atoms with E-state index >= 15 is 0 Å². The molecule has 0 rings (SSSR count). The molecule has 0 aliphatic rings. The number of Topliss-reactive ketones (excluding diaryl/α,β-unsaturated/α-hetero) is 1. The number of terminal acetylenes is 1. The number of hydrogen-bond donors (Lipinski definition) is 0. The quantitative estimate of drug-likeness (QED) is 0.544. The lowest BCUT2D eigenvalue weighted by molar-refractivity contribution is -0.122. The second-order valence-corrected chi connectivity index (χ2v) is 2.89. The van der Waals surface area contributed by atoms with Crippen molar-refractivity contribution in [2.45, 2.75) is 27.2 Å². The minimum Gasteiger partial charge on any atom is -0.299 e. The fourth-order valence-electron chi connectivity index (χ4n) is 0.596. The summed E-state index contributed by atoms with van der Waals surface area (Å²) in [5.41, 5.74) is 0. The Balaban J connectivity index is 3.71. The van der Waals surface area contributed by atoms with Crippen LogP contribution in [0.25, 0.3) is 0 Å². The SMILES string of the molecule is C#C[C@@H](C)CC(=O)C(C)C. The van der Waals surface area contributed by atoms with Crippen LogP contribution in [-0.4, -0.2) is 5.78 Å². The zero-order valence-electron chi connectivity index (χ0n) is 6.85. The Kier molecular flexibility index (Phi) is 3.79. The maximum Gasteiger partial charge on any atom is 0.136 e. The van der Waals surface area contributed by atoms with Crippen molar-refractivity contribution in [2.24, 2.45) is 11.8 Å². The highest BCUT2D eigenvalue weighted by molar-refractivity contribution is 5.80. The maximum absolute atomic E-state index is 11.0. The monoisotopic (exact) mass is 138 g/mol. The molecule has 0 radical (unpaired) electrons. The van der Waals surface area contributed by atoms with E-state index in [0.717, 1.165) is 0 Å². The van der Waals surface area contributed by atoms with Crippen molar-refractivity contribution in [3.63, 3.8) is 0 Å². The Morgan fingerprint density at radius 2 is 2.00 bits per heavy atom. The van der Waals surface area contributed by atoms with E-state index in [4.69, 9.17) is 6.42 Å². The molecule has 0 aromatic heterocycles. The summed E-state index contributed by atoms with van der Waals surface area (Å²) in [5.74, 6) is 3.00. The first-order valence-corrected chi connectivity index (χ1v) is 3.56. The van der Waals surface area contributed by atoms with Gasteiger partial charge in [-0.3, -0.25) is 4.79 Å². The average molecular weight is 138 g/mol. The van der Waals surface area contributed by atoms with Crippen molar-refractivity contribution in [3.8, 4) is 12.3 Å². The molecule has 1 heteroatoms. The van der Waals surface area contributed by atoms with Gasteiger partial charge < -0.3 is 0 Å². The zero-order chi connectivity index (χ0) is 8.15. The van der Waals surface area contributed by atoms with Gasteiger partial charge in [0.1, 0.15) is 5.78 Å². The molecule has 0 aromatic carbocycles. The Morgan fingerprint density at radius 1 is 1.50 bits per heavy atom. The van der Waals surface area contributed by atoms with Gasteiger partial charge in [-0.1, -0.05) is 20.8 Å². The van der Waals surface area contributed by atoms with Crippen LogP contribution in [0.2, 0.25) is 0 Å². The van der Waals surface area contributed by atoms with Crippen LogP contribution in [0.4, 0.5) is 0 Å². The highest BCUT2D eigenvalue weighted by Gasteiger charge is 2.09. The van der Waals surface area contributed by atoms with Crippen LogP contribution in [0.5, 0.6) is 0 Å². The number of ketones is 1. The normalized spacial score (nSPS) is 12.7. The molecule has 1 atom stereocenters. The molecule has 0 aliphatic heterocycles. The maximum atomic E-state index is 11.0. The topological polar surface area (TPSA) is 17.1 Å². The molecule has 0 aliphatic carbocycles. The van der Waals surface area contributed by atoms with E-state index in [1.165, 1.54) is 0 Å². The van der Waals surface area contributed by atoms with E-state index in [9.17, 15) is 4.79 Å². The van der Waals surface area contributed by atoms with Crippen LogP contribution in [0, 0.1) is 24.2 Å². The van der Waals surface area contributed by atoms with Crippen molar-refractivity contribution in [1.82, 2.24) is 0 Å². The molecule has 10 heavy (non-hydrogen) atoms. The third-order valence-electron chi connectivity index (χ3n) is 1.44. The predicted molar refractivity (Wildman–Crippen MR) is 42.5 cm³/mol. The summed E-state index contributed by atoms with van der Waals surface area (Å²) in [5, 5.41) is 0. The molecular weight excluding hydrogens is 124 g/mol. The van der Waals surface area contributed by atoms with Gasteiger partial charge in [-0.15, -0.1) is 12.3 Å². The van der Waals surface area contributed by atoms with Gasteiger partial charge in [-0.2, -0.15) is 0 Å². The van der Waals surface area contributed by atoms with Gasteiger partial charge in [0.15, 0.2) is 0 Å². The fourth-order valence-corrected chi connectivity index (χ4v) is 0.596. The Morgan fingerprint density at radius 3 is 2.30 bits per heavy atom. The molecule has 0 fully saturated rings. The van der Waals surface area contributed by atoms with E-state index in [1.807, 2.05) is 20.8 Å². The number of hydrogen-bond acceptors (Lipinski definition) is 1. The standard InChI is InChI=1S/C9H14O/c1-5-8(4)6-9(10)7(2)3/h1,7-8H,6H2,2-4H3/t8-/m1/s1. The molecule has 0 saturated carbocycles. The second kappa shape index (κ2) is 4.11. The molecule has 0 saturated heterocycles. The number of rotatable bonds is 3. The zero-order valence-corrected chi connectivity index (χ0v) is 6.85. The van der Waals surface area contributed by atoms with E-state index in [2.05, 4.69) is 5.92 Å². The molecular formula is C9H14O. The Labute approximate surface area is 62.8 Å². The third kappa shape index (κ3) is 3.29. The highest BCUT2D eigenvalue weighted by Crippen LogP contribution is 2.06. The molecule has 0 bridgehead atoms. The van der Waals surface area contributed by atoms with Crippen molar-refractivity contribution in [3.05, 3.63) is 0 Å². The van der Waals surface area contributed by atoms with Gasteiger partial charge in [0.2, 0.25) is 0 Å². The van der Waals surface area contributed by atoms with E-state index < -0.39 is 0 Å². The van der Waals surface area contributed by atoms with Gasteiger partial charge in [0.05, 0.1) is 0 Å². The number of carbonyl (C=O) groups excluding carboxylic acids is 1. The van der Waals surface area contributed by atoms with Crippen molar-refractivity contribution in [1.29, 1.82) is 0 Å². The molecule has 0 unspecified atom stereocenters. The second-order valence-electron chi connectivity index (χ2n) is 2.89. The summed E-state index contributed by atoms with van der Waals surface area (Å²) < 4.78 is 0. The molecule has 1 nitrogen and oxygen atoms in total. The predicted octanol–water partition coefficient (Wildman–Crippen LogP) is 1.87. The van der Waals surface area contributed by atoms with Gasteiger partial charge >= 0.3 is 0 Å². The lowest BCUT2D eigenvalue weighted by atomic mass is 9.99. The average Bonchev–Trinajstić information content (AvgIpc) is 1.87. The van der Waals surface area contributed by atoms with Crippen LogP contribution in [0.3, 0.4) is 0 Å². The molecule has 0 N–H and O–H groups in total. The Bertz CT molecular complexity index is 151. The fraction of sp³-hybridized carbons (Fsp3) is 0.667. The van der Waals surface area contributed by atoms with Gasteiger partial charge in [0, 0.05) is 18.3 Å². The molecule has 56 valence electrons. The van der Waals surface area contributed by atoms with Gasteiger partial charge in [0.25, 0.3) is 0 Å². The number of carbonyl (C=O) groups is 1. The molecule has 0 spiro atoms. The van der Waals surface area contributed by atoms with Gasteiger partial charge in [-0.25, -0.2) is 0 Å². The van der Waals surface area contributed by atoms with Crippen molar-refractivity contribution >= 4 is 5.78 Å². The van der Waals surface area contributed by atoms with Gasteiger partial charge in [-0.05, 0) is 0 Å². The molecule has 0 amide bonds. The lowest BCUT2D eigenvalue weighted by Gasteiger charge is -2.04. The molecule has 0 aromatic rings. The summed E-state index contributed by atoms with van der Waals surface area (Å²) in [6.45, 7) is 5.68. The van der Waals surface area contributed by atoms with Crippen LogP contribution in [0.1, 0.15) is 27.2 Å². The minimum absolute atomic E-state index is 0.0925. The van der Waals surface area contributed by atoms with E-state index in [0.29, 0.717) is 6.42 Å². The first-order chi connectivity index (χ1) is 4.57. The first kappa shape index (κ1) is 9.23. The van der Waals surface area contributed by atoms with Crippen LogP contribution >= 0.6 is 0 Å².